The fourth-order valence-electron chi connectivity index (χ4n) is 1.36. The molecule has 1 aromatic carbocycles. The van der Waals surface area contributed by atoms with Crippen molar-refractivity contribution >= 4 is 11.6 Å². The number of benzene rings is 1. The van der Waals surface area contributed by atoms with Gasteiger partial charge in [-0.1, -0.05) is 11.6 Å². The van der Waals surface area contributed by atoms with Gasteiger partial charge < -0.3 is 5.73 Å². The van der Waals surface area contributed by atoms with Crippen LogP contribution in [0.25, 0.3) is 0 Å². The predicted octanol–water partition coefficient (Wildman–Crippen LogP) is 3.34. The van der Waals surface area contributed by atoms with Gasteiger partial charge in [-0.05, 0) is 44.0 Å². The highest BCUT2D eigenvalue weighted by Crippen LogP contribution is 2.35. The summed E-state index contributed by atoms with van der Waals surface area (Å²) in [5, 5.41) is 9.37. The fraction of sp³-hybridized carbons (Fsp3) is 0.417. The molecule has 16 heavy (non-hydrogen) atoms. The molecule has 1 unspecified atom stereocenters. The van der Waals surface area contributed by atoms with Gasteiger partial charge in [0, 0.05) is 11.1 Å². The molecule has 2 N–H and O–H groups in total. The highest BCUT2D eigenvalue weighted by atomic mass is 35.5. The maximum absolute atomic E-state index is 13.4. The molecule has 1 aromatic rings. The number of nitriles is 1. The normalized spacial score (nSPS) is 13.3. The predicted molar refractivity (Wildman–Crippen MR) is 62.5 cm³/mol. The summed E-state index contributed by atoms with van der Waals surface area (Å²) in [6.07, 6.45) is 0. The number of rotatable bonds is 2. The lowest BCUT2D eigenvalue weighted by Crippen LogP contribution is -2.28. The first-order valence-corrected chi connectivity index (χ1v) is 5.29. The van der Waals surface area contributed by atoms with Crippen molar-refractivity contribution in [3.8, 4) is 6.07 Å². The van der Waals surface area contributed by atoms with Crippen LogP contribution in [0.4, 0.5) is 4.39 Å². The molecule has 0 bridgehead atoms. The van der Waals surface area contributed by atoms with E-state index in [1.807, 2.05) is 0 Å². The zero-order chi connectivity index (χ0) is 12.5. The molecule has 0 radical (unpaired) electrons. The van der Waals surface area contributed by atoms with E-state index in [-0.39, 0.29) is 5.82 Å². The first-order chi connectivity index (χ1) is 7.29. The molecule has 4 heteroatoms. The highest BCUT2D eigenvalue weighted by molar-refractivity contribution is 6.31. The zero-order valence-corrected chi connectivity index (χ0v) is 10.3. The molecule has 0 aliphatic heterocycles. The standard InChI is InChI=1S/C12H14ClFN2/c1-7-4-9(13)8(5-10(7)14)11(16)12(2,3)6-15/h4-5,11H,16H2,1-3H3. The lowest BCUT2D eigenvalue weighted by atomic mass is 9.82. The summed E-state index contributed by atoms with van der Waals surface area (Å²) < 4.78 is 13.4. The van der Waals surface area contributed by atoms with Crippen LogP contribution in [0.3, 0.4) is 0 Å². The Morgan fingerprint density at radius 1 is 1.50 bits per heavy atom. The van der Waals surface area contributed by atoms with Crippen molar-refractivity contribution in [3.63, 3.8) is 0 Å². The van der Waals surface area contributed by atoms with Crippen molar-refractivity contribution in [3.05, 3.63) is 34.1 Å². The maximum Gasteiger partial charge on any atom is 0.126 e. The Balaban J connectivity index is 3.25. The average molecular weight is 241 g/mol. The summed E-state index contributed by atoms with van der Waals surface area (Å²) >= 11 is 6.00. The molecule has 2 nitrogen and oxygen atoms in total. The van der Waals surface area contributed by atoms with Gasteiger partial charge in [0.25, 0.3) is 0 Å². The second-order valence-corrected chi connectivity index (χ2v) is 4.84. The number of halogens is 2. The number of nitrogens with two attached hydrogens (primary N) is 1. The van der Waals surface area contributed by atoms with E-state index in [9.17, 15) is 4.39 Å². The Labute approximate surface area is 99.8 Å². The molecule has 1 atom stereocenters. The summed E-state index contributed by atoms with van der Waals surface area (Å²) in [5.41, 5.74) is 6.08. The van der Waals surface area contributed by atoms with Crippen molar-refractivity contribution in [1.82, 2.24) is 0 Å². The van der Waals surface area contributed by atoms with E-state index in [4.69, 9.17) is 22.6 Å². The van der Waals surface area contributed by atoms with E-state index in [1.54, 1.807) is 20.8 Å². The minimum Gasteiger partial charge on any atom is -0.323 e. The van der Waals surface area contributed by atoms with Gasteiger partial charge in [0.2, 0.25) is 0 Å². The molecule has 0 aliphatic rings. The van der Waals surface area contributed by atoms with E-state index in [1.165, 1.54) is 12.1 Å². The van der Waals surface area contributed by atoms with Gasteiger partial charge in [0.1, 0.15) is 5.82 Å². The van der Waals surface area contributed by atoms with Crippen LogP contribution in [-0.4, -0.2) is 0 Å². The molecular formula is C12H14ClFN2. The van der Waals surface area contributed by atoms with Crippen LogP contribution in [-0.2, 0) is 0 Å². The van der Waals surface area contributed by atoms with Crippen molar-refractivity contribution in [2.75, 3.05) is 0 Å². The molecule has 0 heterocycles. The zero-order valence-electron chi connectivity index (χ0n) is 9.51. The number of hydrogen-bond acceptors (Lipinski definition) is 2. The van der Waals surface area contributed by atoms with Gasteiger partial charge >= 0.3 is 0 Å². The van der Waals surface area contributed by atoms with Crippen molar-refractivity contribution < 1.29 is 4.39 Å². The molecule has 0 spiro atoms. The molecule has 1 rings (SSSR count). The molecule has 86 valence electrons. The van der Waals surface area contributed by atoms with Crippen LogP contribution in [0.5, 0.6) is 0 Å². The minimum atomic E-state index is -0.786. The van der Waals surface area contributed by atoms with Crippen molar-refractivity contribution in [2.45, 2.75) is 26.8 Å². The quantitative estimate of drug-likeness (QED) is 0.862. The lowest BCUT2D eigenvalue weighted by molar-refractivity contribution is 0.392. The number of nitrogens with zero attached hydrogens (tertiary/aromatic N) is 1. The third-order valence-corrected chi connectivity index (χ3v) is 3.01. The van der Waals surface area contributed by atoms with E-state index >= 15 is 0 Å². The van der Waals surface area contributed by atoms with Crippen LogP contribution < -0.4 is 5.73 Å². The summed E-state index contributed by atoms with van der Waals surface area (Å²) in [7, 11) is 0. The summed E-state index contributed by atoms with van der Waals surface area (Å²) in [6.45, 7) is 5.03. The van der Waals surface area contributed by atoms with Gasteiger partial charge in [-0.2, -0.15) is 5.26 Å². The third-order valence-electron chi connectivity index (χ3n) is 2.68. The van der Waals surface area contributed by atoms with Gasteiger partial charge in [-0.3, -0.25) is 0 Å². The van der Waals surface area contributed by atoms with Crippen molar-refractivity contribution in [1.29, 1.82) is 5.26 Å². The largest absolute Gasteiger partial charge is 0.323 e. The summed E-state index contributed by atoms with van der Waals surface area (Å²) in [6, 6.07) is 4.32. The number of hydrogen-bond donors (Lipinski definition) is 1. The summed E-state index contributed by atoms with van der Waals surface area (Å²) in [5.74, 6) is -0.358. The minimum absolute atomic E-state index is 0.358. The van der Waals surface area contributed by atoms with Gasteiger partial charge in [-0.25, -0.2) is 4.39 Å². The molecule has 0 amide bonds. The Bertz CT molecular complexity index is 449. The van der Waals surface area contributed by atoms with Crippen LogP contribution >= 0.6 is 11.6 Å². The van der Waals surface area contributed by atoms with E-state index < -0.39 is 11.5 Å². The topological polar surface area (TPSA) is 49.8 Å². The highest BCUT2D eigenvalue weighted by Gasteiger charge is 2.29. The Kier molecular flexibility index (Phi) is 3.57. The number of aryl methyl sites for hydroxylation is 1. The van der Waals surface area contributed by atoms with E-state index in [0.717, 1.165) is 0 Å². The molecule has 0 aliphatic carbocycles. The van der Waals surface area contributed by atoms with Crippen molar-refractivity contribution in [2.24, 2.45) is 11.1 Å². The first-order valence-electron chi connectivity index (χ1n) is 4.92. The van der Waals surface area contributed by atoms with Crippen LogP contribution in [0, 0.1) is 29.5 Å². The second-order valence-electron chi connectivity index (χ2n) is 4.43. The van der Waals surface area contributed by atoms with Gasteiger partial charge in [0.05, 0.1) is 11.5 Å². The molecule has 0 fully saturated rings. The smallest absolute Gasteiger partial charge is 0.126 e. The lowest BCUT2D eigenvalue weighted by Gasteiger charge is -2.25. The maximum atomic E-state index is 13.4. The monoisotopic (exact) mass is 240 g/mol. The Morgan fingerprint density at radius 2 is 2.06 bits per heavy atom. The van der Waals surface area contributed by atoms with Crippen LogP contribution in [0.2, 0.25) is 5.02 Å². The average Bonchev–Trinajstić information content (AvgIpc) is 2.22. The SMILES string of the molecule is Cc1cc(Cl)c(C(N)C(C)(C)C#N)cc1F. The van der Waals surface area contributed by atoms with E-state index in [0.29, 0.717) is 16.1 Å². The molecular weight excluding hydrogens is 227 g/mol. The van der Waals surface area contributed by atoms with Gasteiger partial charge in [0.15, 0.2) is 0 Å². The fourth-order valence-corrected chi connectivity index (χ4v) is 1.69. The van der Waals surface area contributed by atoms with Crippen LogP contribution in [0.15, 0.2) is 12.1 Å². The molecule has 0 aromatic heterocycles. The summed E-state index contributed by atoms with van der Waals surface area (Å²) in [4.78, 5) is 0. The van der Waals surface area contributed by atoms with E-state index in [2.05, 4.69) is 6.07 Å². The second kappa shape index (κ2) is 4.40. The van der Waals surface area contributed by atoms with Crippen LogP contribution in [0.1, 0.15) is 31.0 Å². The molecule has 0 saturated heterocycles. The molecule has 0 saturated carbocycles. The Hall–Kier alpha value is -1.11. The Morgan fingerprint density at radius 3 is 2.56 bits per heavy atom. The first kappa shape index (κ1) is 13.0. The van der Waals surface area contributed by atoms with Gasteiger partial charge in [-0.15, -0.1) is 0 Å². The third kappa shape index (κ3) is 2.34.